The highest BCUT2D eigenvalue weighted by molar-refractivity contribution is 6.09. The van der Waals surface area contributed by atoms with Crippen LogP contribution in [0.2, 0.25) is 0 Å². The quantitative estimate of drug-likeness (QED) is 0.223. The zero-order valence-electron chi connectivity index (χ0n) is 17.6. The van der Waals surface area contributed by atoms with Crippen molar-refractivity contribution in [3.05, 3.63) is 35.5 Å². The maximum atomic E-state index is 13.2. The number of allylic oxidation sites excluding steroid dienone is 2. The van der Waals surface area contributed by atoms with Gasteiger partial charge in [0, 0.05) is 37.1 Å². The first-order valence-corrected chi connectivity index (χ1v) is 8.79. The fourth-order valence-electron chi connectivity index (χ4n) is 2.73. The number of carbonyl (C=O) groups is 6. The van der Waals surface area contributed by atoms with E-state index in [-0.39, 0.29) is 11.1 Å². The summed E-state index contributed by atoms with van der Waals surface area (Å²) in [6.45, 7) is 1.99. The molecule has 0 fully saturated rings. The van der Waals surface area contributed by atoms with E-state index < -0.39 is 53.8 Å². The molecule has 1 atom stereocenters. The lowest BCUT2D eigenvalue weighted by Gasteiger charge is -2.32. The second-order valence-corrected chi connectivity index (χ2v) is 6.13. The number of rotatable bonds is 8. The number of Topliss-reactive ketones (excluding diaryl/α,β-unsaturated/α-hetero) is 1. The van der Waals surface area contributed by atoms with E-state index in [1.807, 2.05) is 0 Å². The van der Waals surface area contributed by atoms with Crippen LogP contribution in [0.1, 0.15) is 20.3 Å². The van der Waals surface area contributed by atoms with Gasteiger partial charge in [0.2, 0.25) is 5.78 Å². The number of esters is 5. The van der Waals surface area contributed by atoms with Crippen LogP contribution in [-0.2, 0) is 52.5 Å². The number of hydrogen-bond donors (Lipinski definition) is 0. The van der Waals surface area contributed by atoms with Crippen molar-refractivity contribution in [3.63, 3.8) is 0 Å². The van der Waals surface area contributed by atoms with Gasteiger partial charge in [-0.1, -0.05) is 12.2 Å². The summed E-state index contributed by atoms with van der Waals surface area (Å²) >= 11 is 0. The monoisotopic (exact) mass is 438 g/mol. The molecule has 1 rings (SSSR count). The molecule has 0 aromatic carbocycles. The van der Waals surface area contributed by atoms with Gasteiger partial charge in [-0.05, 0) is 6.42 Å². The number of ether oxygens (including phenoxy) is 5. The fraction of sp³-hybridized carbons (Fsp3) is 0.400. The molecule has 1 unspecified atom stereocenters. The van der Waals surface area contributed by atoms with Crippen molar-refractivity contribution < 1.29 is 52.5 Å². The summed E-state index contributed by atoms with van der Waals surface area (Å²) in [6.07, 6.45) is 3.77. The molecular formula is C20H22O11. The third kappa shape index (κ3) is 6.36. The van der Waals surface area contributed by atoms with E-state index in [2.05, 4.69) is 9.47 Å². The maximum Gasteiger partial charge on any atom is 0.341 e. The minimum Gasteiger partial charge on any atom is -0.469 e. The molecule has 0 N–H and O–H groups in total. The van der Waals surface area contributed by atoms with Crippen LogP contribution in [0.4, 0.5) is 0 Å². The third-order valence-electron chi connectivity index (χ3n) is 3.99. The zero-order valence-corrected chi connectivity index (χ0v) is 17.6. The van der Waals surface area contributed by atoms with Gasteiger partial charge in [-0.15, -0.1) is 0 Å². The number of carbonyl (C=O) groups excluding carboxylic acids is 6. The molecule has 168 valence electrons. The average Bonchev–Trinajstić information content (AvgIpc) is 2.71. The molecule has 0 heterocycles. The van der Waals surface area contributed by atoms with Crippen molar-refractivity contribution in [1.82, 2.24) is 0 Å². The standard InChI is InChI=1S/C20H22O11/c1-11(21)30-20(31-12(2)22)8-6-7-14(17(20)24)15(19(26)29-5)9-13(18(25)28-4)10-16(23)27-3/h6-8,10,15H,9H2,1-5H3/b13-10-. The van der Waals surface area contributed by atoms with E-state index in [0.29, 0.717) is 0 Å². The zero-order chi connectivity index (χ0) is 23.8. The molecule has 31 heavy (non-hydrogen) atoms. The predicted molar refractivity (Wildman–Crippen MR) is 101 cm³/mol. The SMILES string of the molecule is COC(=O)/C=C(/CC(C(=O)OC)C1=CC=CC(OC(C)=O)(OC(C)=O)C1=O)C(=O)OC. The molecule has 11 nitrogen and oxygen atoms in total. The average molecular weight is 438 g/mol. The van der Waals surface area contributed by atoms with E-state index in [1.54, 1.807) is 0 Å². The van der Waals surface area contributed by atoms with Crippen LogP contribution in [-0.4, -0.2) is 62.7 Å². The van der Waals surface area contributed by atoms with Gasteiger partial charge in [-0.25, -0.2) is 9.59 Å². The van der Waals surface area contributed by atoms with Crippen molar-refractivity contribution >= 4 is 35.6 Å². The van der Waals surface area contributed by atoms with Crippen molar-refractivity contribution in [1.29, 1.82) is 0 Å². The molecule has 0 aromatic heterocycles. The normalized spacial score (nSPS) is 15.8. The van der Waals surface area contributed by atoms with Gasteiger partial charge >= 0.3 is 35.6 Å². The first-order valence-electron chi connectivity index (χ1n) is 8.79. The van der Waals surface area contributed by atoms with Gasteiger partial charge in [0.25, 0.3) is 0 Å². The minimum absolute atomic E-state index is 0.293. The van der Waals surface area contributed by atoms with Crippen molar-refractivity contribution in [3.8, 4) is 0 Å². The number of methoxy groups -OCH3 is 3. The molecule has 0 aliphatic heterocycles. The summed E-state index contributed by atoms with van der Waals surface area (Å²) in [5, 5.41) is 0. The highest BCUT2D eigenvalue weighted by Gasteiger charge is 2.49. The Morgan fingerprint density at radius 3 is 2.00 bits per heavy atom. The summed E-state index contributed by atoms with van der Waals surface area (Å²) in [7, 11) is 3.18. The number of hydrogen-bond acceptors (Lipinski definition) is 11. The lowest BCUT2D eigenvalue weighted by atomic mass is 9.83. The topological polar surface area (TPSA) is 149 Å². The van der Waals surface area contributed by atoms with Crippen molar-refractivity contribution in [2.75, 3.05) is 21.3 Å². The Hall–Kier alpha value is -3.76. The largest absolute Gasteiger partial charge is 0.469 e. The van der Waals surface area contributed by atoms with E-state index in [4.69, 9.17) is 14.2 Å². The Kier molecular flexibility index (Phi) is 8.85. The van der Waals surface area contributed by atoms with Crippen LogP contribution in [0.25, 0.3) is 0 Å². The maximum absolute atomic E-state index is 13.2. The van der Waals surface area contributed by atoms with Crippen LogP contribution in [0.15, 0.2) is 35.5 Å². The van der Waals surface area contributed by atoms with Crippen molar-refractivity contribution in [2.24, 2.45) is 5.92 Å². The minimum atomic E-state index is -2.44. The third-order valence-corrected chi connectivity index (χ3v) is 3.99. The smallest absolute Gasteiger partial charge is 0.341 e. The summed E-state index contributed by atoms with van der Waals surface area (Å²) < 4.78 is 23.7. The molecular weight excluding hydrogens is 416 g/mol. The van der Waals surface area contributed by atoms with Crippen LogP contribution in [0.3, 0.4) is 0 Å². The Bertz CT molecular complexity index is 860. The predicted octanol–water partition coefficient (Wildman–Crippen LogP) is 0.326. The summed E-state index contributed by atoms with van der Waals surface area (Å²) in [5.74, 6) is -9.60. The molecule has 0 saturated heterocycles. The second-order valence-electron chi connectivity index (χ2n) is 6.13. The fourth-order valence-corrected chi connectivity index (χ4v) is 2.73. The van der Waals surface area contributed by atoms with Gasteiger partial charge in [-0.2, -0.15) is 0 Å². The van der Waals surface area contributed by atoms with E-state index >= 15 is 0 Å². The lowest BCUT2D eigenvalue weighted by Crippen LogP contribution is -2.48. The van der Waals surface area contributed by atoms with Gasteiger partial charge in [0.15, 0.2) is 0 Å². The summed E-state index contributed by atoms with van der Waals surface area (Å²) in [6, 6.07) is 0. The van der Waals surface area contributed by atoms with Gasteiger partial charge in [0.05, 0.1) is 27.2 Å². The molecule has 0 aromatic rings. The first kappa shape index (κ1) is 25.3. The van der Waals surface area contributed by atoms with E-state index in [0.717, 1.165) is 47.3 Å². The van der Waals surface area contributed by atoms with E-state index in [1.165, 1.54) is 12.2 Å². The first-order chi connectivity index (χ1) is 14.5. The summed E-state index contributed by atoms with van der Waals surface area (Å²) in [4.78, 5) is 72.4. The Morgan fingerprint density at radius 1 is 0.968 bits per heavy atom. The van der Waals surface area contributed by atoms with Crippen LogP contribution in [0.5, 0.6) is 0 Å². The lowest BCUT2D eigenvalue weighted by molar-refractivity contribution is -0.208. The van der Waals surface area contributed by atoms with Crippen LogP contribution in [0, 0.1) is 5.92 Å². The van der Waals surface area contributed by atoms with Gasteiger partial charge in [-0.3, -0.25) is 19.2 Å². The van der Waals surface area contributed by atoms with Gasteiger partial charge < -0.3 is 23.7 Å². The molecule has 1 aliphatic carbocycles. The molecule has 11 heteroatoms. The molecule has 0 radical (unpaired) electrons. The molecule has 0 amide bonds. The van der Waals surface area contributed by atoms with E-state index in [9.17, 15) is 28.8 Å². The van der Waals surface area contributed by atoms with Crippen LogP contribution >= 0.6 is 0 Å². The van der Waals surface area contributed by atoms with Gasteiger partial charge in [0.1, 0.15) is 0 Å². The highest BCUT2D eigenvalue weighted by atomic mass is 16.7. The molecule has 0 bridgehead atoms. The number of ketones is 1. The molecule has 1 aliphatic rings. The highest BCUT2D eigenvalue weighted by Crippen LogP contribution is 2.33. The molecule has 0 spiro atoms. The Morgan fingerprint density at radius 2 is 1.55 bits per heavy atom. The summed E-state index contributed by atoms with van der Waals surface area (Å²) in [5.41, 5.74) is -0.588. The van der Waals surface area contributed by atoms with Crippen molar-refractivity contribution in [2.45, 2.75) is 26.1 Å². The van der Waals surface area contributed by atoms with Crippen LogP contribution < -0.4 is 0 Å². The molecule has 0 saturated carbocycles. The second kappa shape index (κ2) is 10.9. The Balaban J connectivity index is 3.49. The Labute approximate surface area is 177 Å².